The van der Waals surface area contributed by atoms with Gasteiger partial charge in [0.2, 0.25) is 5.60 Å². The zero-order valence-corrected chi connectivity index (χ0v) is 19.1. The number of carbonyl (C=O) groups is 3. The zero-order chi connectivity index (χ0) is 23.5. The van der Waals surface area contributed by atoms with Crippen LogP contribution in [-0.4, -0.2) is 77.7 Å². The molecule has 9 nitrogen and oxygen atoms in total. The van der Waals surface area contributed by atoms with Crippen LogP contribution >= 0.6 is 11.3 Å². The molecule has 1 aromatic carbocycles. The second-order valence-corrected chi connectivity index (χ2v) is 8.41. The van der Waals surface area contributed by atoms with Gasteiger partial charge in [-0.2, -0.15) is 0 Å². The van der Waals surface area contributed by atoms with Crippen molar-refractivity contribution in [3.8, 4) is 22.4 Å². The van der Waals surface area contributed by atoms with Gasteiger partial charge in [-0.1, -0.05) is 35.3 Å². The van der Waals surface area contributed by atoms with E-state index in [4.69, 9.17) is 4.74 Å². The molecule has 1 saturated heterocycles. The maximum Gasteiger partial charge on any atom is 0.360 e. The number of carbonyl (C=O) groups excluding carboxylic acids is 3. The monoisotopic (exact) mass is 456 g/mol. The fourth-order valence-electron chi connectivity index (χ4n) is 2.95. The van der Waals surface area contributed by atoms with Crippen LogP contribution in [0.4, 0.5) is 9.80 Å². The Hall–Kier alpha value is -3.42. The zero-order valence-electron chi connectivity index (χ0n) is 18.3. The van der Waals surface area contributed by atoms with Crippen molar-refractivity contribution in [1.82, 2.24) is 14.8 Å². The maximum absolute atomic E-state index is 12.3. The third kappa shape index (κ3) is 4.90. The van der Waals surface area contributed by atoms with Gasteiger partial charge in [-0.25, -0.2) is 14.6 Å². The van der Waals surface area contributed by atoms with E-state index in [-0.39, 0.29) is 23.7 Å². The van der Waals surface area contributed by atoms with Crippen LogP contribution in [0.3, 0.4) is 0 Å². The van der Waals surface area contributed by atoms with E-state index in [0.717, 1.165) is 11.3 Å². The Bertz CT molecular complexity index is 1120. The van der Waals surface area contributed by atoms with Crippen LogP contribution < -0.4 is 5.32 Å². The first-order valence-corrected chi connectivity index (χ1v) is 10.7. The van der Waals surface area contributed by atoms with Crippen LogP contribution in [0.15, 0.2) is 24.3 Å². The van der Waals surface area contributed by atoms with Gasteiger partial charge in [-0.15, -0.1) is 0 Å². The van der Waals surface area contributed by atoms with Crippen molar-refractivity contribution >= 4 is 34.2 Å². The molecule has 1 aromatic heterocycles. The van der Waals surface area contributed by atoms with Gasteiger partial charge in [0.15, 0.2) is 5.69 Å². The molecule has 0 radical (unpaired) electrons. The summed E-state index contributed by atoms with van der Waals surface area (Å²) in [7, 11) is 4.80. The third-order valence-electron chi connectivity index (χ3n) is 4.76. The van der Waals surface area contributed by atoms with Crippen molar-refractivity contribution < 1.29 is 24.2 Å². The van der Waals surface area contributed by atoms with E-state index in [9.17, 15) is 19.5 Å². The van der Waals surface area contributed by atoms with Gasteiger partial charge in [0.05, 0.1) is 6.61 Å². The normalized spacial score (nSPS) is 17.5. The number of hydrogen-bond acceptors (Lipinski definition) is 7. The first kappa shape index (κ1) is 23.2. The van der Waals surface area contributed by atoms with Gasteiger partial charge < -0.3 is 19.6 Å². The van der Waals surface area contributed by atoms with Crippen LogP contribution in [-0.2, 0) is 9.53 Å². The molecule has 168 valence electrons. The van der Waals surface area contributed by atoms with Gasteiger partial charge in [-0.05, 0) is 19.1 Å². The minimum Gasteiger partial charge on any atom is -0.461 e. The van der Waals surface area contributed by atoms with Gasteiger partial charge in [0.1, 0.15) is 10.0 Å². The number of rotatable bonds is 4. The van der Waals surface area contributed by atoms with Crippen LogP contribution in [0.1, 0.15) is 29.4 Å². The van der Waals surface area contributed by atoms with Crippen molar-refractivity contribution in [3.63, 3.8) is 0 Å². The molecule has 3 amide bonds. The van der Waals surface area contributed by atoms with Crippen LogP contribution in [0.25, 0.3) is 10.6 Å². The summed E-state index contributed by atoms with van der Waals surface area (Å²) in [5.41, 5.74) is -0.427. The van der Waals surface area contributed by atoms with E-state index in [1.165, 1.54) is 9.80 Å². The minimum atomic E-state index is -1.69. The number of nitrogens with zero attached hydrogens (tertiary/aromatic N) is 3. The predicted molar refractivity (Wildman–Crippen MR) is 120 cm³/mol. The highest BCUT2D eigenvalue weighted by atomic mass is 32.1. The number of aromatic nitrogens is 1. The van der Waals surface area contributed by atoms with Gasteiger partial charge in [-0.3, -0.25) is 10.1 Å². The minimum absolute atomic E-state index is 0.0208. The number of urea groups is 1. The summed E-state index contributed by atoms with van der Waals surface area (Å²) in [5, 5.41) is 13.9. The predicted octanol–water partition coefficient (Wildman–Crippen LogP) is 2.03. The number of likely N-dealkylation sites (tertiary alicyclic amines) is 1. The number of thiazole rings is 1. The summed E-state index contributed by atoms with van der Waals surface area (Å²) in [6.07, 6.45) is 0.249. The Morgan fingerprint density at radius 3 is 2.78 bits per heavy atom. The molecule has 0 aliphatic carbocycles. The first-order valence-electron chi connectivity index (χ1n) is 9.92. The van der Waals surface area contributed by atoms with Gasteiger partial charge >= 0.3 is 12.0 Å². The SMILES string of the molecule is CCOC(=O)c1nc(-c2cccc(C#C[C@]3(O)CCN(C)C3=O)c2)sc1NC(=O)N(C)C. The molecule has 0 spiro atoms. The molecule has 10 heteroatoms. The number of nitrogens with one attached hydrogen (secondary N) is 1. The Labute approximate surface area is 190 Å². The molecule has 1 aliphatic heterocycles. The van der Waals surface area contributed by atoms with E-state index >= 15 is 0 Å². The average Bonchev–Trinajstić information content (AvgIpc) is 3.30. The number of ether oxygens (including phenoxy) is 1. The van der Waals surface area contributed by atoms with E-state index in [1.807, 2.05) is 0 Å². The summed E-state index contributed by atoms with van der Waals surface area (Å²) in [4.78, 5) is 43.7. The molecular weight excluding hydrogens is 432 g/mol. The summed E-state index contributed by atoms with van der Waals surface area (Å²) in [6.45, 7) is 2.31. The summed E-state index contributed by atoms with van der Waals surface area (Å²) >= 11 is 1.14. The second-order valence-electron chi connectivity index (χ2n) is 7.41. The largest absolute Gasteiger partial charge is 0.461 e. The average molecular weight is 457 g/mol. The summed E-state index contributed by atoms with van der Waals surface area (Å²) < 4.78 is 5.06. The number of aliphatic hydroxyl groups is 1. The van der Waals surface area contributed by atoms with Crippen molar-refractivity contribution in [2.45, 2.75) is 18.9 Å². The highest BCUT2D eigenvalue weighted by molar-refractivity contribution is 7.19. The van der Waals surface area contributed by atoms with Crippen LogP contribution in [0.5, 0.6) is 0 Å². The molecule has 2 heterocycles. The number of anilines is 1. The Morgan fingerprint density at radius 2 is 2.16 bits per heavy atom. The molecule has 0 bridgehead atoms. The van der Waals surface area contributed by atoms with Crippen LogP contribution in [0.2, 0.25) is 0 Å². The molecule has 0 unspecified atom stereocenters. The molecule has 1 aliphatic rings. The smallest absolute Gasteiger partial charge is 0.360 e. The van der Waals surface area contributed by atoms with Crippen molar-refractivity contribution in [1.29, 1.82) is 0 Å². The molecule has 3 rings (SSSR count). The highest BCUT2D eigenvalue weighted by Crippen LogP contribution is 2.33. The number of esters is 1. The van der Waals surface area contributed by atoms with E-state index in [0.29, 0.717) is 22.7 Å². The van der Waals surface area contributed by atoms with Crippen LogP contribution in [0, 0.1) is 11.8 Å². The van der Waals surface area contributed by atoms with E-state index < -0.39 is 23.5 Å². The Morgan fingerprint density at radius 1 is 1.41 bits per heavy atom. The quantitative estimate of drug-likeness (QED) is 0.538. The topological polar surface area (TPSA) is 112 Å². The summed E-state index contributed by atoms with van der Waals surface area (Å²) in [5.74, 6) is 4.50. The maximum atomic E-state index is 12.3. The lowest BCUT2D eigenvalue weighted by atomic mass is 10.0. The van der Waals surface area contributed by atoms with E-state index in [1.54, 1.807) is 52.3 Å². The number of amides is 3. The first-order chi connectivity index (χ1) is 15.1. The molecule has 2 N–H and O–H groups in total. The van der Waals surface area contributed by atoms with Gasteiger partial charge in [0.25, 0.3) is 5.91 Å². The molecule has 0 saturated carbocycles. The standard InChI is InChI=1S/C22H24N4O5S/c1-5-31-19(27)16-18(24-21(29)25(2)3)32-17(23-16)15-8-6-7-14(13-15)9-10-22(30)11-12-26(4)20(22)28/h6-8,13,30H,5,11-12H2,1-4H3,(H,24,29)/t22-/m0/s1. The van der Waals surface area contributed by atoms with Crippen molar-refractivity contribution in [2.24, 2.45) is 0 Å². The third-order valence-corrected chi connectivity index (χ3v) is 5.78. The lowest BCUT2D eigenvalue weighted by molar-refractivity contribution is -0.137. The van der Waals surface area contributed by atoms with Gasteiger partial charge in [0, 0.05) is 45.2 Å². The number of hydrogen-bond donors (Lipinski definition) is 2. The molecule has 2 aromatic rings. The summed E-state index contributed by atoms with van der Waals surface area (Å²) in [6, 6.07) is 6.64. The molecule has 1 atom stereocenters. The number of likely N-dealkylation sites (N-methyl/N-ethyl adjacent to an activating group) is 1. The highest BCUT2D eigenvalue weighted by Gasteiger charge is 2.42. The molecular formula is C22H24N4O5S. The number of benzene rings is 1. The Balaban J connectivity index is 1.93. The fourth-order valence-corrected chi connectivity index (χ4v) is 3.89. The lowest BCUT2D eigenvalue weighted by Crippen LogP contribution is -2.37. The molecule has 1 fully saturated rings. The second kappa shape index (κ2) is 9.38. The van der Waals surface area contributed by atoms with Crippen molar-refractivity contribution in [3.05, 3.63) is 35.5 Å². The van der Waals surface area contributed by atoms with Crippen molar-refractivity contribution in [2.75, 3.05) is 39.6 Å². The lowest BCUT2D eigenvalue weighted by Gasteiger charge is -2.13. The Kier molecular flexibility index (Phi) is 6.81. The molecule has 32 heavy (non-hydrogen) atoms. The fraction of sp³-hybridized carbons (Fsp3) is 0.364. The van der Waals surface area contributed by atoms with E-state index in [2.05, 4.69) is 22.1 Å².